The molecule has 0 aromatic heterocycles. The van der Waals surface area contributed by atoms with E-state index < -0.39 is 0 Å². The van der Waals surface area contributed by atoms with Gasteiger partial charge in [-0.25, -0.2) is 0 Å². The maximum absolute atomic E-state index is 5.82. The number of nitrogens with zero attached hydrogens (tertiary/aromatic N) is 2. The lowest BCUT2D eigenvalue weighted by Crippen LogP contribution is -2.38. The van der Waals surface area contributed by atoms with Crippen molar-refractivity contribution in [3.8, 4) is 0 Å². The summed E-state index contributed by atoms with van der Waals surface area (Å²) in [5.41, 5.74) is 5.82. The maximum Gasteiger partial charge on any atom is 0.0235 e. The number of nitrogens with two attached hydrogens (primary N) is 1. The Labute approximate surface area is 87.2 Å². The molecule has 0 aromatic carbocycles. The summed E-state index contributed by atoms with van der Waals surface area (Å²) in [4.78, 5) is 5.19. The van der Waals surface area contributed by atoms with Gasteiger partial charge in [-0.15, -0.1) is 0 Å². The molecule has 0 aliphatic carbocycles. The van der Waals surface area contributed by atoms with Gasteiger partial charge in [-0.05, 0) is 45.8 Å². The predicted molar refractivity (Wildman–Crippen MR) is 59.3 cm³/mol. The Kier molecular flexibility index (Phi) is 3.42. The van der Waals surface area contributed by atoms with Crippen molar-refractivity contribution in [3.63, 3.8) is 0 Å². The largest absolute Gasteiger partial charge is 0.327 e. The second-order valence-electron chi connectivity index (χ2n) is 4.92. The van der Waals surface area contributed by atoms with E-state index in [1.807, 2.05) is 0 Å². The minimum atomic E-state index is 0.326. The van der Waals surface area contributed by atoms with Crippen LogP contribution in [-0.4, -0.2) is 54.6 Å². The van der Waals surface area contributed by atoms with Crippen molar-refractivity contribution in [2.24, 2.45) is 5.73 Å². The van der Waals surface area contributed by atoms with Crippen LogP contribution in [0.2, 0.25) is 0 Å². The van der Waals surface area contributed by atoms with Gasteiger partial charge < -0.3 is 10.6 Å². The molecule has 2 unspecified atom stereocenters. The third-order valence-corrected chi connectivity index (χ3v) is 3.45. The van der Waals surface area contributed by atoms with Crippen LogP contribution >= 0.6 is 0 Å². The van der Waals surface area contributed by atoms with E-state index in [-0.39, 0.29) is 0 Å². The summed E-state index contributed by atoms with van der Waals surface area (Å²) >= 11 is 0. The van der Waals surface area contributed by atoms with Gasteiger partial charge in [0.05, 0.1) is 0 Å². The fourth-order valence-corrected chi connectivity index (χ4v) is 2.79. The molecule has 0 amide bonds. The van der Waals surface area contributed by atoms with Crippen molar-refractivity contribution in [1.29, 1.82) is 0 Å². The standard InChI is InChI=1S/C11H23N3/c1-10(12)8-13-7-4-11(9-13)14-5-2-3-6-14/h10-11H,2-9,12H2,1H3. The van der Waals surface area contributed by atoms with Gasteiger partial charge in [0, 0.05) is 25.2 Å². The van der Waals surface area contributed by atoms with Crippen molar-refractivity contribution in [1.82, 2.24) is 9.80 Å². The number of hydrogen-bond acceptors (Lipinski definition) is 3. The number of likely N-dealkylation sites (tertiary alicyclic amines) is 2. The highest BCUT2D eigenvalue weighted by molar-refractivity contribution is 4.86. The van der Waals surface area contributed by atoms with Crippen molar-refractivity contribution in [2.45, 2.75) is 38.3 Å². The monoisotopic (exact) mass is 197 g/mol. The molecule has 14 heavy (non-hydrogen) atoms. The van der Waals surface area contributed by atoms with Gasteiger partial charge in [0.25, 0.3) is 0 Å². The van der Waals surface area contributed by atoms with Crippen molar-refractivity contribution in [3.05, 3.63) is 0 Å². The molecule has 82 valence electrons. The van der Waals surface area contributed by atoms with E-state index in [2.05, 4.69) is 16.7 Å². The summed E-state index contributed by atoms with van der Waals surface area (Å²) in [6.07, 6.45) is 4.17. The van der Waals surface area contributed by atoms with E-state index in [0.717, 1.165) is 12.6 Å². The predicted octanol–water partition coefficient (Wildman–Crippen LogP) is 0.504. The second-order valence-corrected chi connectivity index (χ2v) is 4.92. The minimum Gasteiger partial charge on any atom is -0.327 e. The molecule has 0 aromatic rings. The van der Waals surface area contributed by atoms with E-state index in [0.29, 0.717) is 6.04 Å². The van der Waals surface area contributed by atoms with Crippen LogP contribution in [0.15, 0.2) is 0 Å². The highest BCUT2D eigenvalue weighted by Gasteiger charge is 2.29. The summed E-state index contributed by atoms with van der Waals surface area (Å²) in [6.45, 7) is 8.34. The Morgan fingerprint density at radius 1 is 1.29 bits per heavy atom. The smallest absolute Gasteiger partial charge is 0.0235 e. The quantitative estimate of drug-likeness (QED) is 0.715. The fraction of sp³-hybridized carbons (Fsp3) is 1.00. The highest BCUT2D eigenvalue weighted by Crippen LogP contribution is 2.20. The topological polar surface area (TPSA) is 32.5 Å². The summed E-state index contributed by atoms with van der Waals surface area (Å²) in [7, 11) is 0. The van der Waals surface area contributed by atoms with Crippen LogP contribution in [-0.2, 0) is 0 Å². The van der Waals surface area contributed by atoms with Crippen LogP contribution in [0.3, 0.4) is 0 Å². The number of hydrogen-bond donors (Lipinski definition) is 1. The third-order valence-electron chi connectivity index (χ3n) is 3.45. The lowest BCUT2D eigenvalue weighted by Gasteiger charge is -2.24. The van der Waals surface area contributed by atoms with Gasteiger partial charge in [0.15, 0.2) is 0 Å². The molecule has 3 heteroatoms. The molecule has 2 heterocycles. The van der Waals surface area contributed by atoms with Crippen LogP contribution in [0.25, 0.3) is 0 Å². The molecule has 2 atom stereocenters. The third kappa shape index (κ3) is 2.47. The van der Waals surface area contributed by atoms with Crippen molar-refractivity contribution < 1.29 is 0 Å². The van der Waals surface area contributed by atoms with Gasteiger partial charge in [0.2, 0.25) is 0 Å². The zero-order chi connectivity index (χ0) is 9.97. The molecule has 2 N–H and O–H groups in total. The fourth-order valence-electron chi connectivity index (χ4n) is 2.79. The molecular formula is C11H23N3. The molecule has 2 aliphatic rings. The Morgan fingerprint density at radius 3 is 2.64 bits per heavy atom. The molecule has 0 spiro atoms. The molecule has 3 nitrogen and oxygen atoms in total. The lowest BCUT2D eigenvalue weighted by atomic mass is 10.2. The first-order valence-electron chi connectivity index (χ1n) is 5.97. The summed E-state index contributed by atoms with van der Waals surface area (Å²) in [5.74, 6) is 0. The van der Waals surface area contributed by atoms with E-state index in [4.69, 9.17) is 5.73 Å². The van der Waals surface area contributed by atoms with Crippen LogP contribution in [0.1, 0.15) is 26.2 Å². The van der Waals surface area contributed by atoms with Crippen LogP contribution < -0.4 is 5.73 Å². The van der Waals surface area contributed by atoms with Gasteiger partial charge in [-0.3, -0.25) is 4.90 Å². The van der Waals surface area contributed by atoms with Crippen LogP contribution in [0.5, 0.6) is 0 Å². The molecule has 0 radical (unpaired) electrons. The zero-order valence-corrected chi connectivity index (χ0v) is 9.28. The Morgan fingerprint density at radius 2 is 2.00 bits per heavy atom. The minimum absolute atomic E-state index is 0.326. The molecule has 2 fully saturated rings. The number of rotatable bonds is 3. The summed E-state index contributed by atoms with van der Waals surface area (Å²) < 4.78 is 0. The zero-order valence-electron chi connectivity index (χ0n) is 9.28. The average molecular weight is 197 g/mol. The van der Waals surface area contributed by atoms with Crippen molar-refractivity contribution in [2.75, 3.05) is 32.7 Å². The van der Waals surface area contributed by atoms with Crippen LogP contribution in [0.4, 0.5) is 0 Å². The lowest BCUT2D eigenvalue weighted by molar-refractivity contribution is 0.229. The molecule has 0 saturated carbocycles. The molecule has 2 rings (SSSR count). The SMILES string of the molecule is CC(N)CN1CCC(N2CCCC2)C1. The maximum atomic E-state index is 5.82. The van der Waals surface area contributed by atoms with E-state index in [1.54, 1.807) is 0 Å². The average Bonchev–Trinajstić information content (AvgIpc) is 2.69. The van der Waals surface area contributed by atoms with Crippen molar-refractivity contribution >= 4 is 0 Å². The molecule has 0 bridgehead atoms. The van der Waals surface area contributed by atoms with E-state index >= 15 is 0 Å². The van der Waals surface area contributed by atoms with Gasteiger partial charge in [0.1, 0.15) is 0 Å². The molecule has 2 aliphatic heterocycles. The second kappa shape index (κ2) is 4.60. The Bertz CT molecular complexity index is 175. The van der Waals surface area contributed by atoms with Gasteiger partial charge in [-0.1, -0.05) is 0 Å². The first-order valence-corrected chi connectivity index (χ1v) is 5.97. The van der Waals surface area contributed by atoms with E-state index in [1.165, 1.54) is 45.4 Å². The summed E-state index contributed by atoms with van der Waals surface area (Å²) in [5, 5.41) is 0. The van der Waals surface area contributed by atoms with Crippen LogP contribution in [0, 0.1) is 0 Å². The Balaban J connectivity index is 1.76. The van der Waals surface area contributed by atoms with E-state index in [9.17, 15) is 0 Å². The first-order chi connectivity index (χ1) is 6.75. The Hall–Kier alpha value is -0.120. The van der Waals surface area contributed by atoms with Gasteiger partial charge in [-0.2, -0.15) is 0 Å². The van der Waals surface area contributed by atoms with Gasteiger partial charge >= 0.3 is 0 Å². The molecular weight excluding hydrogens is 174 g/mol. The first kappa shape index (κ1) is 10.4. The summed E-state index contributed by atoms with van der Waals surface area (Å²) in [6, 6.07) is 1.16. The molecule has 2 saturated heterocycles. The highest BCUT2D eigenvalue weighted by atomic mass is 15.3. The normalized spacial score (nSPS) is 32.6.